The minimum atomic E-state index is -4.47. The van der Waals surface area contributed by atoms with Crippen molar-refractivity contribution in [2.24, 2.45) is 0 Å². The Morgan fingerprint density at radius 1 is 1.25 bits per heavy atom. The molecule has 4 nitrogen and oxygen atoms in total. The smallest absolute Gasteiger partial charge is 0.406 e. The molecule has 0 saturated carbocycles. The van der Waals surface area contributed by atoms with Crippen LogP contribution in [0.1, 0.15) is 37.0 Å². The number of alkyl halides is 3. The summed E-state index contributed by atoms with van der Waals surface area (Å²) < 4.78 is 48.6. The third kappa shape index (κ3) is 5.78. The van der Waals surface area contributed by atoms with Crippen LogP contribution in [0, 0.1) is 0 Å². The highest BCUT2D eigenvalue weighted by Crippen LogP contribution is 2.37. The van der Waals surface area contributed by atoms with Gasteiger partial charge in [-0.15, -0.1) is 0 Å². The summed E-state index contributed by atoms with van der Waals surface area (Å²) in [5.41, 5.74) is 0.0263. The van der Waals surface area contributed by atoms with Crippen LogP contribution in [0.25, 0.3) is 0 Å². The second-order valence-corrected chi connectivity index (χ2v) is 5.59. The molecule has 8 heteroatoms. The van der Waals surface area contributed by atoms with E-state index in [9.17, 15) is 18.0 Å². The van der Waals surface area contributed by atoms with Crippen molar-refractivity contribution in [3.63, 3.8) is 0 Å². The van der Waals surface area contributed by atoms with Crippen LogP contribution >= 0.6 is 11.6 Å². The molecule has 0 aliphatic heterocycles. The summed E-state index contributed by atoms with van der Waals surface area (Å²) in [7, 11) is 1.37. The van der Waals surface area contributed by atoms with Crippen molar-refractivity contribution in [2.45, 2.75) is 32.9 Å². The Bertz CT molecular complexity index is 564. The number of carbonyl (C=O) groups is 1. The molecule has 0 fully saturated rings. The van der Waals surface area contributed by atoms with E-state index in [1.807, 2.05) is 6.92 Å². The highest BCUT2D eigenvalue weighted by Gasteiger charge is 2.33. The summed E-state index contributed by atoms with van der Waals surface area (Å²) in [6.45, 7) is 2.70. The molecule has 0 N–H and O–H groups in total. The number of nitrogens with zero attached hydrogens (tertiary/aromatic N) is 1. The van der Waals surface area contributed by atoms with Crippen LogP contribution in [-0.2, 0) is 0 Å². The van der Waals surface area contributed by atoms with E-state index < -0.39 is 18.6 Å². The van der Waals surface area contributed by atoms with Gasteiger partial charge in [0.2, 0.25) is 0 Å². The molecule has 0 aliphatic rings. The maximum absolute atomic E-state index is 12.7. The summed E-state index contributed by atoms with van der Waals surface area (Å²) >= 11 is 6.11. The fourth-order valence-electron chi connectivity index (χ4n) is 2.11. The molecular formula is C16H21ClF3NO3. The van der Waals surface area contributed by atoms with Crippen molar-refractivity contribution in [1.82, 2.24) is 4.90 Å². The average molecular weight is 368 g/mol. The van der Waals surface area contributed by atoms with Gasteiger partial charge in [-0.3, -0.25) is 4.79 Å². The summed E-state index contributed by atoms with van der Waals surface area (Å²) in [6, 6.07) is 2.65. The molecule has 1 amide bonds. The number of rotatable bonds is 8. The summed E-state index contributed by atoms with van der Waals surface area (Å²) in [5, 5.41) is 0.120. The summed E-state index contributed by atoms with van der Waals surface area (Å²) in [6.07, 6.45) is -3.32. The van der Waals surface area contributed by atoms with E-state index >= 15 is 0 Å². The number of ether oxygens (including phenoxy) is 2. The second kappa shape index (κ2) is 9.01. The topological polar surface area (TPSA) is 38.8 Å². The minimum absolute atomic E-state index is 0.00758. The number of amides is 1. The van der Waals surface area contributed by atoms with E-state index in [2.05, 4.69) is 0 Å². The first kappa shape index (κ1) is 20.4. The van der Waals surface area contributed by atoms with E-state index in [-0.39, 0.29) is 28.6 Å². The van der Waals surface area contributed by atoms with Crippen LogP contribution < -0.4 is 9.47 Å². The fourth-order valence-corrected chi connectivity index (χ4v) is 2.37. The quantitative estimate of drug-likeness (QED) is 0.676. The molecule has 1 rings (SSSR count). The standard InChI is InChI=1S/C16H21ClF3NO3/c1-4-6-21(10-16(18,19)20)15(22)11-8-12(17)14(24-7-5-2)13(9-11)23-3/h8-9H,4-7,10H2,1-3H3. The lowest BCUT2D eigenvalue weighted by molar-refractivity contribution is -0.140. The molecule has 136 valence electrons. The van der Waals surface area contributed by atoms with Crippen molar-refractivity contribution in [3.8, 4) is 11.5 Å². The molecule has 0 aromatic heterocycles. The van der Waals surface area contributed by atoms with Gasteiger partial charge in [-0.05, 0) is 25.0 Å². The molecule has 24 heavy (non-hydrogen) atoms. The van der Waals surface area contributed by atoms with E-state index in [4.69, 9.17) is 21.1 Å². The lowest BCUT2D eigenvalue weighted by Crippen LogP contribution is -2.39. The Kier molecular flexibility index (Phi) is 7.66. The van der Waals surface area contributed by atoms with Gasteiger partial charge in [0.15, 0.2) is 11.5 Å². The van der Waals surface area contributed by atoms with Gasteiger partial charge in [-0.2, -0.15) is 13.2 Å². The summed E-state index contributed by atoms with van der Waals surface area (Å²) in [5.74, 6) is -0.269. The molecule has 0 spiro atoms. The van der Waals surface area contributed by atoms with Crippen LogP contribution in [0.4, 0.5) is 13.2 Å². The fraction of sp³-hybridized carbons (Fsp3) is 0.562. The molecule has 0 bridgehead atoms. The molecule has 1 aromatic carbocycles. The first-order chi connectivity index (χ1) is 11.2. The van der Waals surface area contributed by atoms with Crippen molar-refractivity contribution >= 4 is 17.5 Å². The van der Waals surface area contributed by atoms with Crippen LogP contribution in [-0.4, -0.2) is 43.8 Å². The van der Waals surface area contributed by atoms with E-state index in [0.717, 1.165) is 11.3 Å². The van der Waals surface area contributed by atoms with Crippen molar-refractivity contribution < 1.29 is 27.4 Å². The molecule has 0 radical (unpaired) electrons. The Morgan fingerprint density at radius 3 is 2.42 bits per heavy atom. The zero-order chi connectivity index (χ0) is 18.3. The van der Waals surface area contributed by atoms with Gasteiger partial charge in [-0.25, -0.2) is 0 Å². The van der Waals surface area contributed by atoms with Crippen molar-refractivity contribution in [2.75, 3.05) is 26.8 Å². The first-order valence-corrected chi connectivity index (χ1v) is 7.97. The van der Waals surface area contributed by atoms with Gasteiger partial charge in [0.05, 0.1) is 18.7 Å². The zero-order valence-corrected chi connectivity index (χ0v) is 14.6. The number of benzene rings is 1. The van der Waals surface area contributed by atoms with Crippen molar-refractivity contribution in [1.29, 1.82) is 0 Å². The lowest BCUT2D eigenvalue weighted by Gasteiger charge is -2.24. The molecule has 1 aromatic rings. The Labute approximate surface area is 144 Å². The normalized spacial score (nSPS) is 11.3. The number of hydrogen-bond donors (Lipinski definition) is 0. The number of carbonyl (C=O) groups excluding carboxylic acids is 1. The van der Waals surface area contributed by atoms with Gasteiger partial charge < -0.3 is 14.4 Å². The second-order valence-electron chi connectivity index (χ2n) is 5.18. The Balaban J connectivity index is 3.14. The van der Waals surface area contributed by atoms with Crippen LogP contribution in [0.15, 0.2) is 12.1 Å². The van der Waals surface area contributed by atoms with Gasteiger partial charge in [0, 0.05) is 12.1 Å². The average Bonchev–Trinajstić information content (AvgIpc) is 2.50. The predicted octanol–water partition coefficient (Wildman–Crippen LogP) is 4.55. The van der Waals surface area contributed by atoms with E-state index in [0.29, 0.717) is 13.0 Å². The molecule has 0 heterocycles. The molecular weight excluding hydrogens is 347 g/mol. The number of methoxy groups -OCH3 is 1. The van der Waals surface area contributed by atoms with Crippen LogP contribution in [0.3, 0.4) is 0 Å². The number of hydrogen-bond acceptors (Lipinski definition) is 3. The van der Waals surface area contributed by atoms with Crippen LogP contribution in [0.5, 0.6) is 11.5 Å². The van der Waals surface area contributed by atoms with Gasteiger partial charge in [0.25, 0.3) is 5.91 Å². The van der Waals surface area contributed by atoms with Gasteiger partial charge >= 0.3 is 6.18 Å². The van der Waals surface area contributed by atoms with E-state index in [1.165, 1.54) is 19.2 Å². The molecule has 0 saturated heterocycles. The third-order valence-corrected chi connectivity index (χ3v) is 3.36. The van der Waals surface area contributed by atoms with Crippen molar-refractivity contribution in [3.05, 3.63) is 22.7 Å². The first-order valence-electron chi connectivity index (χ1n) is 7.59. The maximum atomic E-state index is 12.7. The lowest BCUT2D eigenvalue weighted by atomic mass is 10.1. The monoisotopic (exact) mass is 367 g/mol. The van der Waals surface area contributed by atoms with Gasteiger partial charge in [0.1, 0.15) is 6.54 Å². The van der Waals surface area contributed by atoms with Gasteiger partial charge in [-0.1, -0.05) is 25.4 Å². The maximum Gasteiger partial charge on any atom is 0.406 e. The molecule has 0 aliphatic carbocycles. The predicted molar refractivity (Wildman–Crippen MR) is 86.0 cm³/mol. The Hall–Kier alpha value is -1.63. The van der Waals surface area contributed by atoms with Crippen LogP contribution in [0.2, 0.25) is 5.02 Å². The summed E-state index contributed by atoms with van der Waals surface area (Å²) in [4.78, 5) is 13.2. The SMILES string of the molecule is CCCOc1c(Cl)cc(C(=O)N(CCC)CC(F)(F)F)cc1OC. The zero-order valence-electron chi connectivity index (χ0n) is 13.9. The highest BCUT2D eigenvalue weighted by atomic mass is 35.5. The molecule has 0 unspecified atom stereocenters. The number of halogens is 4. The Morgan fingerprint density at radius 2 is 1.92 bits per heavy atom. The largest absolute Gasteiger partial charge is 0.493 e. The highest BCUT2D eigenvalue weighted by molar-refractivity contribution is 6.32. The third-order valence-electron chi connectivity index (χ3n) is 3.08. The molecule has 0 atom stereocenters. The minimum Gasteiger partial charge on any atom is -0.493 e. The van der Waals surface area contributed by atoms with E-state index in [1.54, 1.807) is 6.92 Å².